The van der Waals surface area contributed by atoms with E-state index >= 15 is 0 Å². The molecule has 0 aromatic heterocycles. The predicted octanol–water partition coefficient (Wildman–Crippen LogP) is 14.4. The average molecular weight is 703 g/mol. The van der Waals surface area contributed by atoms with E-state index in [4.69, 9.17) is 9.47 Å². The van der Waals surface area contributed by atoms with Gasteiger partial charge >= 0.3 is 11.9 Å². The Hall–Kier alpha value is -1.06. The van der Waals surface area contributed by atoms with Crippen LogP contribution in [0.5, 0.6) is 0 Å². The second-order valence-electron chi connectivity index (χ2n) is 18.4. The molecule has 2 rings (SSSR count). The third-order valence-electron chi connectivity index (χ3n) is 13.0. The van der Waals surface area contributed by atoms with E-state index in [2.05, 4.69) is 48.5 Å². The summed E-state index contributed by atoms with van der Waals surface area (Å²) in [6.45, 7) is 17.6. The minimum absolute atomic E-state index is 0.000958. The SMILES string of the molecule is CCCCCC(CCCCC)CCOC(=O)CCC1(C)CC2CC(C)(CCC)CC(CCC(=O)OCCC(CCCCC)CCCCC)(C2)C1. The smallest absolute Gasteiger partial charge is 0.305 e. The van der Waals surface area contributed by atoms with Crippen molar-refractivity contribution < 1.29 is 19.1 Å². The topological polar surface area (TPSA) is 52.6 Å². The lowest BCUT2D eigenvalue weighted by Crippen LogP contribution is -2.47. The van der Waals surface area contributed by atoms with Gasteiger partial charge in [-0.05, 0) is 98.2 Å². The molecule has 2 fully saturated rings. The number of carbonyl (C=O) groups excluding carboxylic acids is 2. The molecular formula is C46H86O4. The molecule has 0 radical (unpaired) electrons. The summed E-state index contributed by atoms with van der Waals surface area (Å²) in [7, 11) is 0. The van der Waals surface area contributed by atoms with Crippen LogP contribution in [0.4, 0.5) is 0 Å². The summed E-state index contributed by atoms with van der Waals surface area (Å²) in [6.07, 6.45) is 34.1. The summed E-state index contributed by atoms with van der Waals surface area (Å²) < 4.78 is 11.8. The van der Waals surface area contributed by atoms with E-state index in [1.165, 1.54) is 141 Å². The average Bonchev–Trinajstić information content (AvgIpc) is 3.06. The molecule has 0 N–H and O–H groups in total. The minimum Gasteiger partial charge on any atom is -0.466 e. The Morgan fingerprint density at radius 2 is 0.920 bits per heavy atom. The zero-order valence-corrected chi connectivity index (χ0v) is 34.8. The lowest BCUT2D eigenvalue weighted by atomic mass is 9.47. The van der Waals surface area contributed by atoms with Crippen LogP contribution < -0.4 is 0 Å². The third kappa shape index (κ3) is 18.1. The molecule has 4 nitrogen and oxygen atoms in total. The normalized spacial score (nSPS) is 24.9. The molecule has 2 aliphatic carbocycles. The predicted molar refractivity (Wildman–Crippen MR) is 213 cm³/mol. The molecule has 0 heterocycles. The van der Waals surface area contributed by atoms with Gasteiger partial charge < -0.3 is 9.47 Å². The number of carbonyl (C=O) groups is 2. The van der Waals surface area contributed by atoms with Gasteiger partial charge in [0.1, 0.15) is 0 Å². The first-order valence-corrected chi connectivity index (χ1v) is 22.3. The lowest BCUT2D eigenvalue weighted by molar-refractivity contribution is -0.147. The summed E-state index contributed by atoms with van der Waals surface area (Å²) in [4.78, 5) is 26.3. The molecule has 4 unspecified atom stereocenters. The van der Waals surface area contributed by atoms with Crippen LogP contribution in [0.1, 0.15) is 235 Å². The molecule has 294 valence electrons. The van der Waals surface area contributed by atoms with Crippen molar-refractivity contribution in [2.75, 3.05) is 13.2 Å². The molecule has 4 heteroatoms. The maximum atomic E-state index is 13.2. The van der Waals surface area contributed by atoms with Gasteiger partial charge in [0, 0.05) is 12.8 Å². The number of hydrogen-bond acceptors (Lipinski definition) is 4. The quantitative estimate of drug-likeness (QED) is 0.0552. The second kappa shape index (κ2) is 25.0. The van der Waals surface area contributed by atoms with Crippen molar-refractivity contribution in [3.63, 3.8) is 0 Å². The maximum Gasteiger partial charge on any atom is 0.305 e. The Labute approximate surface area is 312 Å². The highest BCUT2D eigenvalue weighted by Gasteiger charge is 2.53. The first-order chi connectivity index (χ1) is 24.0. The molecule has 0 amide bonds. The first-order valence-electron chi connectivity index (χ1n) is 22.3. The molecule has 0 aromatic carbocycles. The van der Waals surface area contributed by atoms with Crippen LogP contribution in [0, 0.1) is 34.0 Å². The van der Waals surface area contributed by atoms with Gasteiger partial charge in [-0.3, -0.25) is 9.59 Å². The summed E-state index contributed by atoms with van der Waals surface area (Å²) in [5.74, 6) is 2.08. The molecule has 4 atom stereocenters. The van der Waals surface area contributed by atoms with Crippen molar-refractivity contribution in [3.05, 3.63) is 0 Å². The first kappa shape index (κ1) is 45.1. The molecule has 0 saturated heterocycles. The molecule has 50 heavy (non-hydrogen) atoms. The fraction of sp³-hybridized carbons (Fsp3) is 0.957. The van der Waals surface area contributed by atoms with Crippen LogP contribution in [0.15, 0.2) is 0 Å². The van der Waals surface area contributed by atoms with E-state index in [0.717, 1.165) is 32.1 Å². The highest BCUT2D eigenvalue weighted by atomic mass is 16.5. The Balaban J connectivity index is 1.93. The van der Waals surface area contributed by atoms with E-state index < -0.39 is 0 Å². The Morgan fingerprint density at radius 3 is 1.32 bits per heavy atom. The zero-order valence-electron chi connectivity index (χ0n) is 34.8. The van der Waals surface area contributed by atoms with E-state index in [1.807, 2.05) is 0 Å². The van der Waals surface area contributed by atoms with E-state index in [9.17, 15) is 9.59 Å². The third-order valence-corrected chi connectivity index (χ3v) is 13.0. The van der Waals surface area contributed by atoms with Crippen LogP contribution >= 0.6 is 0 Å². The summed E-state index contributed by atoms with van der Waals surface area (Å²) in [5, 5.41) is 0. The molecule has 0 aliphatic heterocycles. The number of fused-ring (bicyclic) bond motifs is 2. The van der Waals surface area contributed by atoms with Crippen molar-refractivity contribution in [1.29, 1.82) is 0 Å². The molecule has 2 saturated carbocycles. The molecular weight excluding hydrogens is 617 g/mol. The number of ether oxygens (including phenoxy) is 2. The van der Waals surface area contributed by atoms with Crippen molar-refractivity contribution in [2.24, 2.45) is 34.0 Å². The highest BCUT2D eigenvalue weighted by Crippen LogP contribution is 2.64. The molecule has 2 aliphatic rings. The van der Waals surface area contributed by atoms with Crippen LogP contribution in [0.25, 0.3) is 0 Å². The molecule has 0 aromatic rings. The van der Waals surface area contributed by atoms with Gasteiger partial charge in [-0.2, -0.15) is 0 Å². The monoisotopic (exact) mass is 703 g/mol. The maximum absolute atomic E-state index is 13.2. The molecule has 2 bridgehead atoms. The van der Waals surface area contributed by atoms with Gasteiger partial charge in [-0.25, -0.2) is 0 Å². The van der Waals surface area contributed by atoms with Gasteiger partial charge in [-0.1, -0.05) is 158 Å². The summed E-state index contributed by atoms with van der Waals surface area (Å²) in [6, 6.07) is 0. The Kier molecular flexibility index (Phi) is 22.6. The van der Waals surface area contributed by atoms with E-state index in [1.54, 1.807) is 0 Å². The van der Waals surface area contributed by atoms with Crippen molar-refractivity contribution in [1.82, 2.24) is 0 Å². The Morgan fingerprint density at radius 1 is 0.520 bits per heavy atom. The Bertz CT molecular complexity index is 879. The van der Waals surface area contributed by atoms with Gasteiger partial charge in [0.05, 0.1) is 13.2 Å². The standard InChI is InChI=1S/C46H86O4/c1-8-13-17-21-39(22-18-14-9-2)27-32-49-42(47)25-30-45(7)35-41-34-44(6,29-12-5)37-46(36-41,38-45)31-26-43(48)50-33-28-40(23-19-15-10-3)24-20-16-11-4/h39-41H,8-38H2,1-7H3. The van der Waals surface area contributed by atoms with Crippen LogP contribution in [-0.4, -0.2) is 25.2 Å². The molecule has 0 spiro atoms. The lowest BCUT2D eigenvalue weighted by Gasteiger charge is -2.58. The second-order valence-corrected chi connectivity index (χ2v) is 18.4. The minimum atomic E-state index is -0.000958. The largest absolute Gasteiger partial charge is 0.466 e. The van der Waals surface area contributed by atoms with Gasteiger partial charge in [0.2, 0.25) is 0 Å². The number of hydrogen-bond donors (Lipinski definition) is 0. The fourth-order valence-electron chi connectivity index (χ4n) is 10.8. The van der Waals surface area contributed by atoms with Gasteiger partial charge in [0.15, 0.2) is 0 Å². The number of esters is 2. The summed E-state index contributed by atoms with van der Waals surface area (Å²) >= 11 is 0. The van der Waals surface area contributed by atoms with Gasteiger partial charge in [0.25, 0.3) is 0 Å². The zero-order chi connectivity index (χ0) is 36.7. The van der Waals surface area contributed by atoms with Gasteiger partial charge in [-0.15, -0.1) is 0 Å². The summed E-state index contributed by atoms with van der Waals surface area (Å²) in [5.41, 5.74) is 0.666. The van der Waals surface area contributed by atoms with Crippen molar-refractivity contribution >= 4 is 11.9 Å². The van der Waals surface area contributed by atoms with Crippen molar-refractivity contribution in [2.45, 2.75) is 235 Å². The van der Waals surface area contributed by atoms with E-state index in [-0.39, 0.29) is 22.8 Å². The van der Waals surface area contributed by atoms with E-state index in [0.29, 0.717) is 49.2 Å². The highest BCUT2D eigenvalue weighted by molar-refractivity contribution is 5.69. The van der Waals surface area contributed by atoms with Crippen molar-refractivity contribution in [3.8, 4) is 0 Å². The van der Waals surface area contributed by atoms with Crippen LogP contribution in [0.3, 0.4) is 0 Å². The van der Waals surface area contributed by atoms with Crippen LogP contribution in [0.2, 0.25) is 0 Å². The fourth-order valence-corrected chi connectivity index (χ4v) is 10.8. The number of rotatable bonds is 30. The number of unbranched alkanes of at least 4 members (excludes halogenated alkanes) is 8. The van der Waals surface area contributed by atoms with Crippen LogP contribution in [-0.2, 0) is 19.1 Å².